The van der Waals surface area contributed by atoms with Gasteiger partial charge in [-0.2, -0.15) is 0 Å². The van der Waals surface area contributed by atoms with Crippen molar-refractivity contribution in [3.05, 3.63) is 88.2 Å². The fourth-order valence-electron chi connectivity index (χ4n) is 5.11. The molecule has 1 atom stereocenters. The zero-order chi connectivity index (χ0) is 27.0. The summed E-state index contributed by atoms with van der Waals surface area (Å²) in [5.41, 5.74) is 3.23. The summed E-state index contributed by atoms with van der Waals surface area (Å²) >= 11 is 6.38. The van der Waals surface area contributed by atoms with Crippen molar-refractivity contribution in [1.29, 1.82) is 0 Å². The third kappa shape index (κ3) is 4.61. The summed E-state index contributed by atoms with van der Waals surface area (Å²) in [4.78, 5) is 37.1. The van der Waals surface area contributed by atoms with Crippen LogP contribution in [0.5, 0.6) is 5.75 Å². The molecule has 2 saturated heterocycles. The van der Waals surface area contributed by atoms with Crippen LogP contribution in [-0.2, 0) is 9.59 Å². The molecular formula is C29H29ClN4O4. The molecule has 2 aliphatic rings. The number of benzene rings is 2. The van der Waals surface area contributed by atoms with Crippen LogP contribution in [0.2, 0.25) is 5.02 Å². The minimum Gasteiger partial charge on any atom is -0.507 e. The topological polar surface area (TPSA) is 86.2 Å². The Balaban J connectivity index is 1.61. The number of aliphatic hydroxyl groups excluding tert-OH is 1. The number of rotatable bonds is 5. The molecule has 5 rings (SSSR count). The fraction of sp³-hybridized carbons (Fsp3) is 0.276. The van der Waals surface area contributed by atoms with Crippen LogP contribution in [0.15, 0.2) is 66.5 Å². The lowest BCUT2D eigenvalue weighted by atomic mass is 9.95. The molecule has 9 heteroatoms. The molecule has 2 aromatic carbocycles. The van der Waals surface area contributed by atoms with E-state index in [1.54, 1.807) is 36.7 Å². The molecular weight excluding hydrogens is 504 g/mol. The number of pyridine rings is 1. The van der Waals surface area contributed by atoms with Crippen LogP contribution in [-0.4, -0.2) is 67.0 Å². The van der Waals surface area contributed by atoms with Gasteiger partial charge >= 0.3 is 0 Å². The van der Waals surface area contributed by atoms with Crippen molar-refractivity contribution >= 4 is 40.4 Å². The highest BCUT2D eigenvalue weighted by Crippen LogP contribution is 2.44. The fourth-order valence-corrected chi connectivity index (χ4v) is 5.46. The third-order valence-corrected chi connectivity index (χ3v) is 7.39. The maximum atomic E-state index is 13.5. The summed E-state index contributed by atoms with van der Waals surface area (Å²) < 4.78 is 5.45. The molecule has 38 heavy (non-hydrogen) atoms. The first-order chi connectivity index (χ1) is 18.3. The first-order valence-corrected chi connectivity index (χ1v) is 12.8. The van der Waals surface area contributed by atoms with E-state index in [2.05, 4.69) is 21.8 Å². The highest BCUT2D eigenvalue weighted by atomic mass is 35.5. The molecule has 3 heterocycles. The van der Waals surface area contributed by atoms with E-state index in [0.29, 0.717) is 16.3 Å². The molecule has 2 aliphatic heterocycles. The number of anilines is 2. The molecule has 1 unspecified atom stereocenters. The van der Waals surface area contributed by atoms with Gasteiger partial charge in [0.25, 0.3) is 11.7 Å². The van der Waals surface area contributed by atoms with Gasteiger partial charge in [0, 0.05) is 49.9 Å². The second-order valence-corrected chi connectivity index (χ2v) is 9.99. The largest absolute Gasteiger partial charge is 0.507 e. The summed E-state index contributed by atoms with van der Waals surface area (Å²) in [7, 11) is 3.55. The van der Waals surface area contributed by atoms with Crippen molar-refractivity contribution < 1.29 is 19.4 Å². The number of Topliss-reactive ketones (excluding diaryl/α,β-unsaturated/α-hetero) is 1. The van der Waals surface area contributed by atoms with Gasteiger partial charge in [-0.15, -0.1) is 0 Å². The minimum atomic E-state index is -0.864. The van der Waals surface area contributed by atoms with Crippen LogP contribution >= 0.6 is 11.6 Å². The van der Waals surface area contributed by atoms with Crippen LogP contribution in [0, 0.1) is 6.92 Å². The Hall–Kier alpha value is -3.88. The molecule has 196 valence electrons. The van der Waals surface area contributed by atoms with Crippen LogP contribution < -0.4 is 14.5 Å². The summed E-state index contributed by atoms with van der Waals surface area (Å²) in [6.45, 7) is 5.61. The Labute approximate surface area is 226 Å². The van der Waals surface area contributed by atoms with Gasteiger partial charge in [-0.05, 0) is 73.6 Å². The lowest BCUT2D eigenvalue weighted by molar-refractivity contribution is -0.132. The maximum absolute atomic E-state index is 13.5. The van der Waals surface area contributed by atoms with Crippen LogP contribution in [0.4, 0.5) is 11.4 Å². The average molecular weight is 533 g/mol. The number of nitrogens with zero attached hydrogens (tertiary/aromatic N) is 4. The Morgan fingerprint density at radius 1 is 1.00 bits per heavy atom. The predicted octanol–water partition coefficient (Wildman–Crippen LogP) is 4.43. The number of hydrogen-bond donors (Lipinski definition) is 1. The van der Waals surface area contributed by atoms with Gasteiger partial charge in [-0.25, -0.2) is 0 Å². The molecule has 0 aliphatic carbocycles. The average Bonchev–Trinajstić information content (AvgIpc) is 3.19. The first-order valence-electron chi connectivity index (χ1n) is 12.4. The number of carbonyl (C=O) groups excluding carboxylic acids is 2. The number of hydrogen-bond acceptors (Lipinski definition) is 7. The summed E-state index contributed by atoms with van der Waals surface area (Å²) in [5.74, 6) is -1.62. The zero-order valence-corrected chi connectivity index (χ0v) is 22.3. The molecule has 0 spiro atoms. The number of piperazine rings is 1. The second kappa shape index (κ2) is 10.5. The van der Waals surface area contributed by atoms with Gasteiger partial charge in [0.15, 0.2) is 0 Å². The Morgan fingerprint density at radius 3 is 2.26 bits per heavy atom. The number of aryl methyl sites for hydroxylation is 1. The molecule has 0 radical (unpaired) electrons. The van der Waals surface area contributed by atoms with E-state index in [9.17, 15) is 14.7 Å². The molecule has 8 nitrogen and oxygen atoms in total. The van der Waals surface area contributed by atoms with Crippen molar-refractivity contribution in [3.8, 4) is 5.75 Å². The number of amides is 1. The first kappa shape index (κ1) is 25.8. The molecule has 3 aromatic rings. The summed E-state index contributed by atoms with van der Waals surface area (Å²) in [6, 6.07) is 13.6. The maximum Gasteiger partial charge on any atom is 0.300 e. The highest BCUT2D eigenvalue weighted by Gasteiger charge is 2.47. The number of ether oxygens (including phenoxy) is 1. The summed E-state index contributed by atoms with van der Waals surface area (Å²) in [6.07, 6.45) is 3.19. The highest BCUT2D eigenvalue weighted by molar-refractivity contribution is 6.51. The number of aromatic nitrogens is 1. The number of halogens is 1. The van der Waals surface area contributed by atoms with Crippen molar-refractivity contribution in [2.75, 3.05) is 50.1 Å². The number of ketones is 1. The van der Waals surface area contributed by atoms with E-state index in [-0.39, 0.29) is 22.6 Å². The van der Waals surface area contributed by atoms with Gasteiger partial charge < -0.3 is 19.6 Å². The van der Waals surface area contributed by atoms with Crippen molar-refractivity contribution in [1.82, 2.24) is 9.88 Å². The van der Waals surface area contributed by atoms with E-state index < -0.39 is 17.7 Å². The molecule has 1 amide bonds. The number of carbonyl (C=O) groups is 2. The van der Waals surface area contributed by atoms with E-state index in [4.69, 9.17) is 16.3 Å². The number of methoxy groups -OCH3 is 1. The number of likely N-dealkylation sites (N-methyl/N-ethyl adjacent to an activating group) is 1. The molecule has 1 N–H and O–H groups in total. The Morgan fingerprint density at radius 2 is 1.63 bits per heavy atom. The molecule has 0 saturated carbocycles. The summed E-state index contributed by atoms with van der Waals surface area (Å²) in [5, 5.41) is 11.8. The standard InChI is InChI=1S/C29H29ClN4O4/c1-18-16-22(28(38-3)23(30)17-18)26(35)24-25(19-8-10-31-11-9-19)34(29(37)27(24)36)21-6-4-20(5-7-21)33-14-12-32(2)13-15-33/h4-11,16-17,25,35H,12-15H2,1-3H3/b26-24+. The van der Waals surface area contributed by atoms with Gasteiger partial charge in [-0.1, -0.05) is 11.6 Å². The third-order valence-electron chi connectivity index (χ3n) is 7.11. The lowest BCUT2D eigenvalue weighted by Gasteiger charge is -2.34. The van der Waals surface area contributed by atoms with Crippen LogP contribution in [0.3, 0.4) is 0 Å². The Bertz CT molecular complexity index is 1400. The van der Waals surface area contributed by atoms with Crippen molar-refractivity contribution in [3.63, 3.8) is 0 Å². The zero-order valence-electron chi connectivity index (χ0n) is 21.5. The second-order valence-electron chi connectivity index (χ2n) is 9.58. The quantitative estimate of drug-likeness (QED) is 0.295. The molecule has 1 aromatic heterocycles. The van der Waals surface area contributed by atoms with E-state index >= 15 is 0 Å². The molecule has 0 bridgehead atoms. The van der Waals surface area contributed by atoms with Gasteiger partial charge in [0.05, 0.1) is 29.3 Å². The lowest BCUT2D eigenvalue weighted by Crippen LogP contribution is -2.44. The van der Waals surface area contributed by atoms with Crippen LogP contribution in [0.1, 0.15) is 22.7 Å². The smallest absolute Gasteiger partial charge is 0.300 e. The van der Waals surface area contributed by atoms with E-state index in [0.717, 1.165) is 37.4 Å². The van der Waals surface area contributed by atoms with E-state index in [1.807, 2.05) is 31.2 Å². The monoisotopic (exact) mass is 532 g/mol. The normalized spacial score (nSPS) is 19.7. The minimum absolute atomic E-state index is 0.0377. The van der Waals surface area contributed by atoms with Crippen molar-refractivity contribution in [2.24, 2.45) is 0 Å². The van der Waals surface area contributed by atoms with Crippen molar-refractivity contribution in [2.45, 2.75) is 13.0 Å². The Kier molecular flexibility index (Phi) is 7.10. The van der Waals surface area contributed by atoms with Crippen LogP contribution in [0.25, 0.3) is 5.76 Å². The van der Waals surface area contributed by atoms with Gasteiger partial charge in [0.1, 0.15) is 11.5 Å². The predicted molar refractivity (Wildman–Crippen MR) is 148 cm³/mol. The molecule has 2 fully saturated rings. The SMILES string of the molecule is COc1c(Cl)cc(C)cc1/C(O)=C1\C(=O)C(=O)N(c2ccc(N3CCN(C)CC3)cc2)C1c1ccncc1. The number of aliphatic hydroxyl groups is 1. The van der Waals surface area contributed by atoms with E-state index in [1.165, 1.54) is 12.0 Å². The van der Waals surface area contributed by atoms with Gasteiger partial charge in [-0.3, -0.25) is 19.5 Å². The van der Waals surface area contributed by atoms with Gasteiger partial charge in [0.2, 0.25) is 0 Å².